The van der Waals surface area contributed by atoms with E-state index in [1.807, 2.05) is 0 Å². The Bertz CT molecular complexity index is 1140. The lowest BCUT2D eigenvalue weighted by atomic mass is 9.54. The quantitative estimate of drug-likeness (QED) is 0.328. The van der Waals surface area contributed by atoms with Gasteiger partial charge in [0, 0.05) is 5.41 Å². The highest BCUT2D eigenvalue weighted by Gasteiger charge is 2.53. The summed E-state index contributed by atoms with van der Waals surface area (Å²) >= 11 is 0. The van der Waals surface area contributed by atoms with Crippen LogP contribution in [0.4, 0.5) is 0 Å². The Morgan fingerprint density at radius 1 is 1.03 bits per heavy atom. The fourth-order valence-corrected chi connectivity index (χ4v) is 7.88. The largest absolute Gasteiger partial charge is 0.0998 e. The number of benzene rings is 2. The van der Waals surface area contributed by atoms with Crippen molar-refractivity contribution in [2.45, 2.75) is 106 Å². The zero-order valence-electron chi connectivity index (χ0n) is 24.4. The van der Waals surface area contributed by atoms with E-state index >= 15 is 0 Å². The summed E-state index contributed by atoms with van der Waals surface area (Å²) in [5.41, 5.74) is 13.3. The first-order valence-electron chi connectivity index (χ1n) is 14.7. The molecule has 5 unspecified atom stereocenters. The number of hydrogen-bond donors (Lipinski definition) is 0. The summed E-state index contributed by atoms with van der Waals surface area (Å²) in [6, 6.07) is 12.4. The molecule has 1 fully saturated rings. The maximum Gasteiger partial charge on any atom is 0.0252 e. The molecule has 1 saturated carbocycles. The molecule has 0 aromatic heterocycles. The van der Waals surface area contributed by atoms with Gasteiger partial charge in [-0.15, -0.1) is 0 Å². The second-order valence-electron chi connectivity index (χ2n) is 12.8. The predicted octanol–water partition coefficient (Wildman–Crippen LogP) is 10.8. The molecule has 0 bridgehead atoms. The van der Waals surface area contributed by atoms with Crippen LogP contribution in [0.1, 0.15) is 114 Å². The van der Waals surface area contributed by atoms with Gasteiger partial charge < -0.3 is 0 Å². The molecule has 5 atom stereocenters. The van der Waals surface area contributed by atoms with Gasteiger partial charge in [-0.2, -0.15) is 0 Å². The molecule has 4 rings (SSSR count). The lowest BCUT2D eigenvalue weighted by Gasteiger charge is -2.49. The molecule has 2 aromatic carbocycles. The third-order valence-electron chi connectivity index (χ3n) is 9.43. The van der Waals surface area contributed by atoms with Gasteiger partial charge in [-0.05, 0) is 105 Å². The van der Waals surface area contributed by atoms with E-state index in [9.17, 15) is 0 Å². The minimum atomic E-state index is 0.0566. The molecule has 0 heteroatoms. The molecule has 2 aliphatic carbocycles. The third kappa shape index (κ3) is 4.78. The van der Waals surface area contributed by atoms with Crippen molar-refractivity contribution in [1.82, 2.24) is 0 Å². The van der Waals surface area contributed by atoms with E-state index < -0.39 is 0 Å². The van der Waals surface area contributed by atoms with Crippen LogP contribution in [-0.2, 0) is 5.41 Å². The lowest BCUT2D eigenvalue weighted by Crippen LogP contribution is -2.44. The fraction of sp³-hybridized carbons (Fsp3) is 0.556. The first-order valence-corrected chi connectivity index (χ1v) is 14.7. The molecule has 194 valence electrons. The van der Waals surface area contributed by atoms with Crippen LogP contribution in [-0.4, -0.2) is 0 Å². The van der Waals surface area contributed by atoms with Crippen LogP contribution in [0.5, 0.6) is 0 Å². The van der Waals surface area contributed by atoms with Gasteiger partial charge in [0.2, 0.25) is 0 Å². The van der Waals surface area contributed by atoms with Gasteiger partial charge >= 0.3 is 0 Å². The van der Waals surface area contributed by atoms with Crippen molar-refractivity contribution < 1.29 is 0 Å². The molecule has 2 aliphatic rings. The standard InChI is InChI=1S/C36H50/c1-10-12-28(11-2)22-36(32-19-25(7)13-15-30(32)24(5)6)33-20-26(8)14-16-31(33)35-29(17-23(3)4)18-27(9)21-34(35)36/h14,16-18,20-21,25,28,30,32H,5,10-13,15,19,22H2,1-4,6-9H3. The molecule has 0 spiro atoms. The fourth-order valence-electron chi connectivity index (χ4n) is 7.88. The van der Waals surface area contributed by atoms with Gasteiger partial charge in [0.15, 0.2) is 0 Å². The Morgan fingerprint density at radius 2 is 1.75 bits per heavy atom. The molecular weight excluding hydrogens is 432 g/mol. The maximum absolute atomic E-state index is 4.59. The van der Waals surface area contributed by atoms with Gasteiger partial charge in [-0.1, -0.05) is 112 Å². The first kappa shape index (κ1) is 27.0. The number of allylic oxidation sites excluding steroid dienone is 2. The van der Waals surface area contributed by atoms with E-state index in [1.54, 1.807) is 11.1 Å². The summed E-state index contributed by atoms with van der Waals surface area (Å²) in [6.07, 6.45) is 11.5. The van der Waals surface area contributed by atoms with Crippen LogP contribution in [0.25, 0.3) is 17.2 Å². The van der Waals surface area contributed by atoms with Gasteiger partial charge in [-0.3, -0.25) is 0 Å². The van der Waals surface area contributed by atoms with Gasteiger partial charge in [-0.25, -0.2) is 0 Å². The highest BCUT2D eigenvalue weighted by Crippen LogP contribution is 2.62. The van der Waals surface area contributed by atoms with Crippen LogP contribution < -0.4 is 0 Å². The van der Waals surface area contributed by atoms with Crippen LogP contribution in [0, 0.1) is 37.5 Å². The van der Waals surface area contributed by atoms with Crippen molar-refractivity contribution in [1.29, 1.82) is 0 Å². The van der Waals surface area contributed by atoms with Crippen LogP contribution in [0.15, 0.2) is 48.1 Å². The normalized spacial score (nSPS) is 25.7. The van der Waals surface area contributed by atoms with Crippen LogP contribution in [0.2, 0.25) is 0 Å². The average Bonchev–Trinajstić information content (AvgIpc) is 3.07. The van der Waals surface area contributed by atoms with E-state index in [0.29, 0.717) is 11.8 Å². The van der Waals surface area contributed by atoms with Crippen LogP contribution >= 0.6 is 0 Å². The molecule has 0 saturated heterocycles. The monoisotopic (exact) mass is 482 g/mol. The minimum absolute atomic E-state index is 0.0566. The Balaban J connectivity index is 2.11. The predicted molar refractivity (Wildman–Crippen MR) is 160 cm³/mol. The van der Waals surface area contributed by atoms with E-state index in [2.05, 4.69) is 98.4 Å². The zero-order valence-corrected chi connectivity index (χ0v) is 24.4. The van der Waals surface area contributed by atoms with Gasteiger partial charge in [0.1, 0.15) is 0 Å². The van der Waals surface area contributed by atoms with E-state index in [-0.39, 0.29) is 5.41 Å². The molecule has 0 radical (unpaired) electrons. The third-order valence-corrected chi connectivity index (χ3v) is 9.43. The van der Waals surface area contributed by atoms with Crippen molar-refractivity contribution in [2.24, 2.45) is 23.7 Å². The molecule has 0 nitrogen and oxygen atoms in total. The summed E-state index contributed by atoms with van der Waals surface area (Å²) < 4.78 is 0. The summed E-state index contributed by atoms with van der Waals surface area (Å²) in [7, 11) is 0. The summed E-state index contributed by atoms with van der Waals surface area (Å²) in [4.78, 5) is 0. The maximum atomic E-state index is 4.59. The first-order chi connectivity index (χ1) is 17.1. The number of fused-ring (bicyclic) bond motifs is 3. The van der Waals surface area contributed by atoms with Crippen molar-refractivity contribution in [3.63, 3.8) is 0 Å². The molecule has 2 aromatic rings. The molecule has 0 N–H and O–H groups in total. The van der Waals surface area contributed by atoms with Crippen LogP contribution in [0.3, 0.4) is 0 Å². The van der Waals surface area contributed by atoms with E-state index in [4.69, 9.17) is 0 Å². The highest BCUT2D eigenvalue weighted by molar-refractivity contribution is 5.88. The van der Waals surface area contributed by atoms with Crippen molar-refractivity contribution in [2.75, 3.05) is 0 Å². The number of hydrogen-bond acceptors (Lipinski definition) is 0. The SMILES string of the molecule is C=C(C)C1CCC(C)CC1C1(CC(CC)CCC)c2cc(C)ccc2-c2c(C=C(C)C)cc(C)cc21. The molecule has 0 heterocycles. The van der Waals surface area contributed by atoms with E-state index in [0.717, 1.165) is 11.8 Å². The summed E-state index contributed by atoms with van der Waals surface area (Å²) in [6.45, 7) is 23.3. The smallest absolute Gasteiger partial charge is 0.0252 e. The second kappa shape index (κ2) is 10.7. The van der Waals surface area contributed by atoms with Crippen molar-refractivity contribution in [3.05, 3.63) is 75.9 Å². The van der Waals surface area contributed by atoms with Crippen molar-refractivity contribution >= 4 is 6.08 Å². The Morgan fingerprint density at radius 3 is 2.39 bits per heavy atom. The summed E-state index contributed by atoms with van der Waals surface area (Å²) in [5, 5.41) is 0. The topological polar surface area (TPSA) is 0 Å². The molecule has 36 heavy (non-hydrogen) atoms. The van der Waals surface area contributed by atoms with Crippen molar-refractivity contribution in [3.8, 4) is 11.1 Å². The highest BCUT2D eigenvalue weighted by atomic mass is 14.6. The summed E-state index contributed by atoms with van der Waals surface area (Å²) in [5.74, 6) is 2.71. The average molecular weight is 483 g/mol. The lowest BCUT2D eigenvalue weighted by molar-refractivity contribution is 0.122. The molecule has 0 amide bonds. The Labute approximate surface area is 222 Å². The van der Waals surface area contributed by atoms with Gasteiger partial charge in [0.05, 0.1) is 0 Å². The van der Waals surface area contributed by atoms with E-state index in [1.165, 1.54) is 83.9 Å². The second-order valence-corrected chi connectivity index (χ2v) is 12.8. The Hall–Kier alpha value is -2.08. The molecular formula is C36H50. The zero-order chi connectivity index (χ0) is 26.2. The van der Waals surface area contributed by atoms with Gasteiger partial charge in [0.25, 0.3) is 0 Å². The molecule has 0 aliphatic heterocycles. The number of rotatable bonds is 8. The Kier molecular flexibility index (Phi) is 8.04. The minimum Gasteiger partial charge on any atom is -0.0998 e. The number of aryl methyl sites for hydroxylation is 2.